The zero-order valence-corrected chi connectivity index (χ0v) is 4.11. The highest BCUT2D eigenvalue weighted by atomic mass is 32.5. The maximum atomic E-state index is 10.6. The lowest BCUT2D eigenvalue weighted by molar-refractivity contribution is 0.388. The molecule has 0 unspecified atom stereocenters. The molecule has 0 aliphatic heterocycles. The highest BCUT2D eigenvalue weighted by Crippen LogP contribution is 2.97. The Balaban J connectivity index is 4.88. The highest BCUT2D eigenvalue weighted by molar-refractivity contribution is 8.49. The molecule has 0 amide bonds. The molecule has 0 heterocycles. The van der Waals surface area contributed by atoms with E-state index in [4.69, 9.17) is 6.42 Å². The molecule has 0 rings (SSSR count). The van der Waals surface area contributed by atoms with Gasteiger partial charge in [0, 0.05) is 6.42 Å². The summed E-state index contributed by atoms with van der Waals surface area (Å²) < 4.78 is 53.2. The fourth-order valence-corrected chi connectivity index (χ4v) is 0. The van der Waals surface area contributed by atoms with Crippen molar-refractivity contribution in [3.8, 4) is 5.25 Å². The second-order valence-corrected chi connectivity index (χ2v) is 3.21. The topological polar surface area (TPSA) is 0 Å². The summed E-state index contributed by atoms with van der Waals surface area (Å²) in [4.78, 5) is 0. The maximum Gasteiger partial charge on any atom is 0.345 e. The van der Waals surface area contributed by atoms with Crippen molar-refractivity contribution in [3.63, 3.8) is 0 Å². The molecule has 49 valence electrons. The highest BCUT2D eigenvalue weighted by Gasteiger charge is 2.62. The normalized spacial score (nSPS) is 20.5. The van der Waals surface area contributed by atoms with Gasteiger partial charge >= 0.3 is 10.2 Å². The van der Waals surface area contributed by atoms with Gasteiger partial charge in [0.1, 0.15) is 0 Å². The Hall–Kier alpha value is -0.440. The first kappa shape index (κ1) is 7.56. The molecule has 0 saturated carbocycles. The van der Waals surface area contributed by atoms with E-state index in [0.29, 0.717) is 0 Å². The first-order valence-electron chi connectivity index (χ1n) is 1.23. The summed E-state index contributed by atoms with van der Waals surface area (Å²) in [6.45, 7) is 0. The lowest BCUT2D eigenvalue weighted by Crippen LogP contribution is -1.98. The van der Waals surface area contributed by atoms with E-state index in [1.807, 2.05) is 0 Å². The van der Waals surface area contributed by atoms with Crippen molar-refractivity contribution in [2.75, 3.05) is 0 Å². The third-order valence-corrected chi connectivity index (χ3v) is 0.579. The van der Waals surface area contributed by atoms with Gasteiger partial charge in [-0.2, -0.15) is 0 Å². The van der Waals surface area contributed by atoms with Gasteiger partial charge in [-0.15, -0.1) is 0 Å². The Kier molecular flexibility index (Phi) is 0.792. The van der Waals surface area contributed by atoms with Gasteiger partial charge in [0.05, 0.1) is 5.25 Å². The Bertz CT molecular complexity index is 141. The lowest BCUT2D eigenvalue weighted by Gasteiger charge is -2.32. The molecular weight excluding hydrogens is 151 g/mol. The molecular formula is C2F5S. The molecule has 6 heteroatoms. The molecule has 0 saturated heterocycles. The number of rotatable bonds is 0. The summed E-state index contributed by atoms with van der Waals surface area (Å²) in [5.74, 6) is 0. The van der Waals surface area contributed by atoms with Crippen molar-refractivity contribution in [2.45, 2.75) is 0 Å². The third kappa shape index (κ3) is 5.56. The lowest BCUT2D eigenvalue weighted by atomic mass is 11.4. The van der Waals surface area contributed by atoms with Crippen LogP contribution in [0.25, 0.3) is 0 Å². The summed E-state index contributed by atoms with van der Waals surface area (Å²) in [7, 11) is -9.58. The van der Waals surface area contributed by atoms with Gasteiger partial charge in [0.25, 0.3) is 0 Å². The Morgan fingerprint density at radius 1 is 1.00 bits per heavy atom. The average molecular weight is 151 g/mol. The predicted molar refractivity (Wildman–Crippen MR) is 20.3 cm³/mol. The molecule has 0 aliphatic rings. The van der Waals surface area contributed by atoms with Crippen LogP contribution in [0.3, 0.4) is 0 Å². The van der Waals surface area contributed by atoms with Crippen LogP contribution in [0.5, 0.6) is 0 Å². The quantitative estimate of drug-likeness (QED) is 0.369. The van der Waals surface area contributed by atoms with Crippen molar-refractivity contribution in [1.82, 2.24) is 0 Å². The van der Waals surface area contributed by atoms with Crippen molar-refractivity contribution in [1.29, 1.82) is 0 Å². The zero-order valence-electron chi connectivity index (χ0n) is 3.30. The molecule has 0 fully saturated rings. The molecule has 0 nitrogen and oxygen atoms in total. The molecule has 0 aromatic carbocycles. The zero-order chi connectivity index (χ0) is 7.12. The van der Waals surface area contributed by atoms with E-state index in [9.17, 15) is 19.4 Å². The van der Waals surface area contributed by atoms with Crippen molar-refractivity contribution in [3.05, 3.63) is 6.42 Å². The summed E-state index contributed by atoms with van der Waals surface area (Å²) in [6.07, 6.45) is 5.18. The van der Waals surface area contributed by atoms with Crippen LogP contribution < -0.4 is 0 Å². The maximum absolute atomic E-state index is 10.6. The van der Waals surface area contributed by atoms with E-state index in [2.05, 4.69) is 0 Å². The minimum absolute atomic E-state index is 0.708. The van der Waals surface area contributed by atoms with E-state index in [-0.39, 0.29) is 0 Å². The molecule has 1 radical (unpaired) electrons. The van der Waals surface area contributed by atoms with Crippen LogP contribution in [0, 0.1) is 11.7 Å². The van der Waals surface area contributed by atoms with E-state index in [0.717, 1.165) is 0 Å². The minimum atomic E-state index is -9.58. The predicted octanol–water partition coefficient (Wildman–Crippen LogP) is 2.83. The molecule has 0 aliphatic carbocycles. The van der Waals surface area contributed by atoms with E-state index in [1.165, 1.54) is 0 Å². The van der Waals surface area contributed by atoms with Crippen LogP contribution >= 0.6 is 10.2 Å². The van der Waals surface area contributed by atoms with Gasteiger partial charge in [0.2, 0.25) is 0 Å². The first-order chi connectivity index (χ1) is 3.04. The number of hydrogen-bond acceptors (Lipinski definition) is 0. The van der Waals surface area contributed by atoms with Crippen LogP contribution in [-0.4, -0.2) is 0 Å². The molecule has 8 heavy (non-hydrogen) atoms. The molecule has 0 aromatic heterocycles. The minimum Gasteiger partial charge on any atom is -0.0873 e. The summed E-state index contributed by atoms with van der Waals surface area (Å²) >= 11 is 0. The van der Waals surface area contributed by atoms with Gasteiger partial charge in [-0.1, -0.05) is 19.4 Å². The van der Waals surface area contributed by atoms with Gasteiger partial charge in [-0.05, 0) is 0 Å². The average Bonchev–Trinajstić information content (AvgIpc) is 1.30. The van der Waals surface area contributed by atoms with Crippen LogP contribution in [0.4, 0.5) is 19.4 Å². The van der Waals surface area contributed by atoms with Crippen molar-refractivity contribution in [2.24, 2.45) is 0 Å². The Morgan fingerprint density at radius 2 is 1.12 bits per heavy atom. The monoisotopic (exact) mass is 151 g/mol. The molecule has 0 atom stereocenters. The largest absolute Gasteiger partial charge is 0.345 e. The molecule has 0 aromatic rings. The second-order valence-electron chi connectivity index (χ2n) is 1.07. The van der Waals surface area contributed by atoms with Crippen LogP contribution in [0.1, 0.15) is 0 Å². The fraction of sp³-hybridized carbons (Fsp3) is 0. The van der Waals surface area contributed by atoms with Gasteiger partial charge in [0.15, 0.2) is 0 Å². The van der Waals surface area contributed by atoms with E-state index in [1.54, 1.807) is 0 Å². The summed E-state index contributed by atoms with van der Waals surface area (Å²) in [6, 6.07) is 0. The van der Waals surface area contributed by atoms with Crippen LogP contribution in [0.2, 0.25) is 0 Å². The Labute approximate surface area is 42.4 Å². The molecule has 0 N–H and O–H groups in total. The fourth-order valence-electron chi connectivity index (χ4n) is 0. The summed E-state index contributed by atoms with van der Waals surface area (Å²) in [5, 5.41) is -0.708. The SMILES string of the molecule is [C]#CS(F)(F)(F)(F)F. The number of halogens is 5. The van der Waals surface area contributed by atoms with Crippen LogP contribution in [0.15, 0.2) is 0 Å². The van der Waals surface area contributed by atoms with E-state index >= 15 is 0 Å². The standard InChI is InChI=1S/C2F5S/c1-2-8(3,4,5,6)7. The van der Waals surface area contributed by atoms with E-state index < -0.39 is 15.5 Å². The summed E-state index contributed by atoms with van der Waals surface area (Å²) in [5.41, 5.74) is 0. The first-order valence-corrected chi connectivity index (χ1v) is 3.18. The number of hydrogen-bond donors (Lipinski definition) is 0. The molecule has 0 bridgehead atoms. The molecule has 0 spiro atoms. The second kappa shape index (κ2) is 0.838. The van der Waals surface area contributed by atoms with Crippen molar-refractivity contribution < 1.29 is 19.4 Å². The Morgan fingerprint density at radius 3 is 1.12 bits per heavy atom. The van der Waals surface area contributed by atoms with Gasteiger partial charge < -0.3 is 0 Å². The van der Waals surface area contributed by atoms with Gasteiger partial charge in [-0.25, -0.2) is 0 Å². The third-order valence-electron chi connectivity index (χ3n) is 0.193. The van der Waals surface area contributed by atoms with Crippen molar-refractivity contribution >= 4 is 10.2 Å². The van der Waals surface area contributed by atoms with Gasteiger partial charge in [-0.3, -0.25) is 0 Å². The van der Waals surface area contributed by atoms with Crippen LogP contribution in [-0.2, 0) is 0 Å². The smallest absolute Gasteiger partial charge is 0.0873 e.